The van der Waals surface area contributed by atoms with E-state index in [1.165, 1.54) is 6.07 Å². The molecule has 0 heterocycles. The standard InChI is InChI=1S/C12H14FN3O3/c13-8-1-2-10(9(5-8)16(17)18)19-7-12(3-4-12)6-11(14)15/h1-2,5H,3-4,6-7H2,(H3,14,15). The molecule has 0 bridgehead atoms. The van der Waals surface area contributed by atoms with E-state index in [9.17, 15) is 14.5 Å². The monoisotopic (exact) mass is 267 g/mol. The molecule has 0 atom stereocenters. The van der Waals surface area contributed by atoms with Gasteiger partial charge in [-0.2, -0.15) is 0 Å². The second-order valence-electron chi connectivity index (χ2n) is 4.86. The van der Waals surface area contributed by atoms with Gasteiger partial charge in [0.05, 0.1) is 23.4 Å². The maximum absolute atomic E-state index is 13.0. The molecule has 2 rings (SSSR count). The minimum Gasteiger partial charge on any atom is -0.486 e. The summed E-state index contributed by atoms with van der Waals surface area (Å²) in [6, 6.07) is 3.20. The van der Waals surface area contributed by atoms with Crippen molar-refractivity contribution in [3.05, 3.63) is 34.1 Å². The van der Waals surface area contributed by atoms with Crippen LogP contribution in [-0.2, 0) is 0 Å². The van der Waals surface area contributed by atoms with Crippen LogP contribution < -0.4 is 10.5 Å². The number of amidine groups is 1. The van der Waals surface area contributed by atoms with Crippen LogP contribution in [0.2, 0.25) is 0 Å². The predicted octanol–water partition coefficient (Wildman–Crippen LogP) is 2.22. The second kappa shape index (κ2) is 4.83. The molecular formula is C12H14FN3O3. The third-order valence-electron chi connectivity index (χ3n) is 3.17. The van der Waals surface area contributed by atoms with Crippen molar-refractivity contribution in [2.45, 2.75) is 19.3 Å². The highest BCUT2D eigenvalue weighted by Gasteiger charge is 2.44. The van der Waals surface area contributed by atoms with Crippen LogP contribution in [0.5, 0.6) is 5.75 Å². The number of nitrogens with zero attached hydrogens (tertiary/aromatic N) is 1. The van der Waals surface area contributed by atoms with E-state index in [-0.39, 0.29) is 23.6 Å². The molecule has 1 aliphatic rings. The number of nitro groups is 1. The second-order valence-corrected chi connectivity index (χ2v) is 4.86. The highest BCUT2D eigenvalue weighted by atomic mass is 19.1. The Kier molecular flexibility index (Phi) is 3.37. The van der Waals surface area contributed by atoms with Crippen molar-refractivity contribution in [1.29, 1.82) is 5.41 Å². The lowest BCUT2D eigenvalue weighted by Gasteiger charge is -2.15. The molecule has 1 aromatic carbocycles. The minimum atomic E-state index is -0.678. The summed E-state index contributed by atoms with van der Waals surface area (Å²) in [5, 5.41) is 18.1. The van der Waals surface area contributed by atoms with Gasteiger partial charge >= 0.3 is 5.69 Å². The van der Waals surface area contributed by atoms with Gasteiger partial charge < -0.3 is 10.5 Å². The van der Waals surface area contributed by atoms with Gasteiger partial charge in [-0.1, -0.05) is 0 Å². The molecule has 3 N–H and O–H groups in total. The largest absolute Gasteiger partial charge is 0.486 e. The SMILES string of the molecule is N=C(N)CC1(COc2ccc(F)cc2[N+](=O)[O-])CC1. The number of nitro benzene ring substituents is 1. The Balaban J connectivity index is 2.08. The third kappa shape index (κ3) is 3.18. The summed E-state index contributed by atoms with van der Waals surface area (Å²) in [6.07, 6.45) is 2.17. The first-order valence-corrected chi connectivity index (χ1v) is 5.82. The van der Waals surface area contributed by atoms with E-state index in [4.69, 9.17) is 15.9 Å². The lowest BCUT2D eigenvalue weighted by atomic mass is 10.0. The summed E-state index contributed by atoms with van der Waals surface area (Å²) in [5.74, 6) is -0.556. The average molecular weight is 267 g/mol. The molecular weight excluding hydrogens is 253 g/mol. The summed E-state index contributed by atoms with van der Waals surface area (Å²) >= 11 is 0. The minimum absolute atomic E-state index is 0.0428. The average Bonchev–Trinajstić information content (AvgIpc) is 3.06. The van der Waals surface area contributed by atoms with Crippen molar-refractivity contribution >= 4 is 11.5 Å². The van der Waals surface area contributed by atoms with Gasteiger partial charge in [-0.25, -0.2) is 4.39 Å². The van der Waals surface area contributed by atoms with Crippen molar-refractivity contribution < 1.29 is 14.1 Å². The first-order valence-electron chi connectivity index (χ1n) is 5.82. The van der Waals surface area contributed by atoms with Gasteiger partial charge in [0.2, 0.25) is 0 Å². The number of halogens is 1. The number of nitrogens with two attached hydrogens (primary N) is 1. The maximum atomic E-state index is 13.0. The van der Waals surface area contributed by atoms with Crippen LogP contribution >= 0.6 is 0 Å². The number of ether oxygens (including phenoxy) is 1. The molecule has 0 unspecified atom stereocenters. The van der Waals surface area contributed by atoms with E-state index in [1.54, 1.807) is 0 Å². The quantitative estimate of drug-likeness (QED) is 0.357. The molecule has 6 nitrogen and oxygen atoms in total. The lowest BCUT2D eigenvalue weighted by Crippen LogP contribution is -2.22. The number of rotatable bonds is 6. The van der Waals surface area contributed by atoms with Crippen LogP contribution in [0.15, 0.2) is 18.2 Å². The van der Waals surface area contributed by atoms with Crippen LogP contribution in [0.1, 0.15) is 19.3 Å². The Labute approximate surface area is 109 Å². The number of hydrogen-bond acceptors (Lipinski definition) is 4. The van der Waals surface area contributed by atoms with Crippen molar-refractivity contribution in [3.63, 3.8) is 0 Å². The fourth-order valence-corrected chi connectivity index (χ4v) is 1.94. The van der Waals surface area contributed by atoms with Gasteiger partial charge in [0.25, 0.3) is 0 Å². The Morgan fingerprint density at radius 2 is 2.26 bits per heavy atom. The first kappa shape index (κ1) is 13.3. The van der Waals surface area contributed by atoms with Crippen LogP contribution in [0, 0.1) is 26.8 Å². The van der Waals surface area contributed by atoms with Gasteiger partial charge in [0.15, 0.2) is 5.75 Å². The zero-order valence-electron chi connectivity index (χ0n) is 10.2. The Hall–Kier alpha value is -2.18. The van der Waals surface area contributed by atoms with Crippen LogP contribution in [-0.4, -0.2) is 17.4 Å². The highest BCUT2D eigenvalue weighted by molar-refractivity contribution is 5.78. The molecule has 0 saturated heterocycles. The number of hydrogen-bond donors (Lipinski definition) is 2. The summed E-state index contributed by atoms with van der Waals surface area (Å²) in [6.45, 7) is 0.249. The van der Waals surface area contributed by atoms with E-state index in [0.717, 1.165) is 25.0 Å². The van der Waals surface area contributed by atoms with Crippen molar-refractivity contribution in [2.75, 3.05) is 6.61 Å². The van der Waals surface area contributed by atoms with Gasteiger partial charge in [-0.3, -0.25) is 15.5 Å². The smallest absolute Gasteiger partial charge is 0.313 e. The van der Waals surface area contributed by atoms with Gasteiger partial charge in [0, 0.05) is 11.8 Å². The zero-order valence-corrected chi connectivity index (χ0v) is 10.2. The molecule has 19 heavy (non-hydrogen) atoms. The van der Waals surface area contributed by atoms with Gasteiger partial charge in [-0.05, 0) is 25.0 Å². The van der Waals surface area contributed by atoms with Crippen molar-refractivity contribution in [1.82, 2.24) is 0 Å². The summed E-state index contributed by atoms with van der Waals surface area (Å²) in [5.41, 5.74) is 4.78. The van der Waals surface area contributed by atoms with E-state index in [1.807, 2.05) is 0 Å². The number of benzene rings is 1. The predicted molar refractivity (Wildman–Crippen MR) is 66.7 cm³/mol. The molecule has 102 valence electrons. The van der Waals surface area contributed by atoms with Gasteiger partial charge in [-0.15, -0.1) is 0 Å². The van der Waals surface area contributed by atoms with Crippen LogP contribution in [0.4, 0.5) is 10.1 Å². The Morgan fingerprint density at radius 1 is 1.58 bits per heavy atom. The third-order valence-corrected chi connectivity index (χ3v) is 3.17. The molecule has 0 aliphatic heterocycles. The van der Waals surface area contributed by atoms with Crippen LogP contribution in [0.25, 0.3) is 0 Å². The molecule has 7 heteroatoms. The fraction of sp³-hybridized carbons (Fsp3) is 0.417. The lowest BCUT2D eigenvalue weighted by molar-refractivity contribution is -0.386. The van der Waals surface area contributed by atoms with Gasteiger partial charge in [0.1, 0.15) is 5.82 Å². The van der Waals surface area contributed by atoms with Crippen molar-refractivity contribution in [3.8, 4) is 5.75 Å². The van der Waals surface area contributed by atoms with Crippen LogP contribution in [0.3, 0.4) is 0 Å². The summed E-state index contributed by atoms with van der Waals surface area (Å²) in [4.78, 5) is 10.1. The van der Waals surface area contributed by atoms with E-state index in [0.29, 0.717) is 6.42 Å². The Bertz CT molecular complexity index is 529. The first-order chi connectivity index (χ1) is 8.92. The molecule has 1 aliphatic carbocycles. The van der Waals surface area contributed by atoms with Crippen molar-refractivity contribution in [2.24, 2.45) is 11.1 Å². The highest BCUT2D eigenvalue weighted by Crippen LogP contribution is 2.49. The molecule has 1 saturated carbocycles. The molecule has 0 spiro atoms. The molecule has 1 fully saturated rings. The van der Waals surface area contributed by atoms with E-state index < -0.39 is 16.4 Å². The summed E-state index contributed by atoms with van der Waals surface area (Å²) < 4.78 is 18.4. The molecule has 0 amide bonds. The molecule has 0 aromatic heterocycles. The maximum Gasteiger partial charge on any atom is 0.313 e. The molecule has 0 radical (unpaired) electrons. The number of nitrogens with one attached hydrogen (secondary N) is 1. The Morgan fingerprint density at radius 3 is 2.79 bits per heavy atom. The zero-order chi connectivity index (χ0) is 14.0. The topological polar surface area (TPSA) is 102 Å². The van der Waals surface area contributed by atoms with E-state index in [2.05, 4.69) is 0 Å². The normalized spacial score (nSPS) is 15.8. The van der Waals surface area contributed by atoms with E-state index >= 15 is 0 Å². The fourth-order valence-electron chi connectivity index (χ4n) is 1.94. The summed E-state index contributed by atoms with van der Waals surface area (Å²) in [7, 11) is 0. The molecule has 1 aromatic rings.